The van der Waals surface area contributed by atoms with Crippen LogP contribution in [0.25, 0.3) is 0 Å². The normalized spacial score (nSPS) is 11.4. The first kappa shape index (κ1) is 14.6. The largest absolute Gasteiger partial charge is 0.480 e. The van der Waals surface area contributed by atoms with Crippen LogP contribution in [0.4, 0.5) is 9.18 Å². The number of hydrogen-bond donors (Lipinski definition) is 2. The number of pyridine rings is 1. The van der Waals surface area contributed by atoms with E-state index in [0.717, 1.165) is 12.3 Å². The number of carboxylic acids is 1. The minimum Gasteiger partial charge on any atom is -0.480 e. The number of ether oxygens (including phenoxy) is 1. The van der Waals surface area contributed by atoms with Gasteiger partial charge in [-0.25, -0.2) is 14.0 Å². The topological polar surface area (TPSA) is 88.5 Å². The molecule has 0 spiro atoms. The Morgan fingerprint density at radius 1 is 1.58 bits per heavy atom. The van der Waals surface area contributed by atoms with Crippen molar-refractivity contribution >= 4 is 12.1 Å². The van der Waals surface area contributed by atoms with Gasteiger partial charge < -0.3 is 15.2 Å². The molecule has 0 aliphatic heterocycles. The molecule has 0 aliphatic rings. The second-order valence-corrected chi connectivity index (χ2v) is 3.64. The van der Waals surface area contributed by atoms with Gasteiger partial charge in [-0.2, -0.15) is 0 Å². The van der Waals surface area contributed by atoms with Crippen molar-refractivity contribution < 1.29 is 23.8 Å². The molecule has 1 amide bonds. The summed E-state index contributed by atoms with van der Waals surface area (Å²) in [7, 11) is 0. The van der Waals surface area contributed by atoms with Gasteiger partial charge in [-0.3, -0.25) is 4.98 Å². The van der Waals surface area contributed by atoms with E-state index in [-0.39, 0.29) is 13.0 Å². The van der Waals surface area contributed by atoms with E-state index in [0.29, 0.717) is 5.56 Å². The van der Waals surface area contributed by atoms with Gasteiger partial charge in [0.2, 0.25) is 0 Å². The third-order valence-corrected chi connectivity index (χ3v) is 2.12. The maximum Gasteiger partial charge on any atom is 0.408 e. The highest BCUT2D eigenvalue weighted by atomic mass is 19.1. The lowest BCUT2D eigenvalue weighted by Crippen LogP contribution is -2.42. The number of rotatable bonds is 6. The van der Waals surface area contributed by atoms with Crippen molar-refractivity contribution in [2.24, 2.45) is 0 Å². The Morgan fingerprint density at radius 2 is 2.32 bits per heavy atom. The minimum atomic E-state index is -1.25. The summed E-state index contributed by atoms with van der Waals surface area (Å²) >= 11 is 0. The first-order valence-corrected chi connectivity index (χ1v) is 5.39. The van der Waals surface area contributed by atoms with Gasteiger partial charge in [0.25, 0.3) is 0 Å². The van der Waals surface area contributed by atoms with E-state index < -0.39 is 23.9 Å². The van der Waals surface area contributed by atoms with Gasteiger partial charge in [-0.15, -0.1) is 0 Å². The number of aromatic nitrogens is 1. The molecule has 0 aromatic carbocycles. The molecule has 0 saturated heterocycles. The van der Waals surface area contributed by atoms with Crippen molar-refractivity contribution in [3.05, 3.63) is 42.5 Å². The molecular weight excluding hydrogens is 255 g/mol. The van der Waals surface area contributed by atoms with Crippen molar-refractivity contribution in [1.29, 1.82) is 0 Å². The predicted molar refractivity (Wildman–Crippen MR) is 64.0 cm³/mol. The first-order valence-electron chi connectivity index (χ1n) is 5.39. The average molecular weight is 268 g/mol. The van der Waals surface area contributed by atoms with Crippen molar-refractivity contribution in [3.8, 4) is 0 Å². The molecule has 2 N–H and O–H groups in total. The Bertz CT molecular complexity index is 479. The summed E-state index contributed by atoms with van der Waals surface area (Å²) in [6.45, 7) is 3.33. The number of nitrogens with zero attached hydrogens (tertiary/aromatic N) is 1. The molecule has 1 aromatic heterocycles. The molecule has 0 saturated carbocycles. The number of aliphatic carboxylic acids is 1. The molecule has 1 heterocycles. The minimum absolute atomic E-state index is 0.0281. The third kappa shape index (κ3) is 5.15. The standard InChI is InChI=1S/C12H13FN2O4/c1-2-3-19-12(18)15-10(11(16)17)5-8-4-9(13)7-14-6-8/h2,4,6-7,10H,1,3,5H2,(H,15,18)(H,16,17). The van der Waals surface area contributed by atoms with Crippen LogP contribution in [0.3, 0.4) is 0 Å². The van der Waals surface area contributed by atoms with E-state index in [9.17, 15) is 14.0 Å². The number of amides is 1. The molecule has 1 atom stereocenters. The van der Waals surface area contributed by atoms with E-state index in [4.69, 9.17) is 5.11 Å². The zero-order chi connectivity index (χ0) is 14.3. The smallest absolute Gasteiger partial charge is 0.408 e. The molecule has 0 bridgehead atoms. The van der Waals surface area contributed by atoms with Crippen LogP contribution in [0, 0.1) is 5.82 Å². The third-order valence-electron chi connectivity index (χ3n) is 2.12. The SMILES string of the molecule is C=CCOC(=O)NC(Cc1cncc(F)c1)C(=O)O. The summed E-state index contributed by atoms with van der Waals surface area (Å²) in [6, 6.07) is -0.0689. The number of halogens is 1. The lowest BCUT2D eigenvalue weighted by molar-refractivity contribution is -0.139. The number of carbonyl (C=O) groups is 2. The van der Waals surface area contributed by atoms with Crippen molar-refractivity contribution in [3.63, 3.8) is 0 Å². The van der Waals surface area contributed by atoms with Crippen molar-refractivity contribution in [2.75, 3.05) is 6.61 Å². The number of carboxylic acid groups (broad SMARTS) is 1. The maximum absolute atomic E-state index is 12.9. The lowest BCUT2D eigenvalue weighted by atomic mass is 10.1. The maximum atomic E-state index is 12.9. The Labute approximate surface area is 108 Å². The van der Waals surface area contributed by atoms with Gasteiger partial charge in [0, 0.05) is 12.6 Å². The van der Waals surface area contributed by atoms with Crippen LogP contribution in [-0.4, -0.2) is 34.8 Å². The second-order valence-electron chi connectivity index (χ2n) is 3.64. The van der Waals surface area contributed by atoms with Gasteiger partial charge in [0.05, 0.1) is 6.20 Å². The fraction of sp³-hybridized carbons (Fsp3) is 0.250. The van der Waals surface area contributed by atoms with E-state index >= 15 is 0 Å². The fourth-order valence-corrected chi connectivity index (χ4v) is 1.32. The zero-order valence-corrected chi connectivity index (χ0v) is 10.0. The number of nitrogens with one attached hydrogen (secondary N) is 1. The first-order chi connectivity index (χ1) is 9.02. The van der Waals surface area contributed by atoms with Crippen LogP contribution in [0.5, 0.6) is 0 Å². The Kier molecular flexibility index (Phi) is 5.46. The summed E-state index contributed by atoms with van der Waals surface area (Å²) in [4.78, 5) is 25.8. The van der Waals surface area contributed by atoms with Crippen LogP contribution in [-0.2, 0) is 16.0 Å². The molecule has 7 heteroatoms. The molecule has 1 unspecified atom stereocenters. The molecule has 0 fully saturated rings. The molecule has 1 aromatic rings. The predicted octanol–water partition coefficient (Wildman–Crippen LogP) is 1.13. The average Bonchev–Trinajstić information content (AvgIpc) is 2.35. The van der Waals surface area contributed by atoms with E-state index in [2.05, 4.69) is 21.6 Å². The van der Waals surface area contributed by atoms with Crippen LogP contribution < -0.4 is 5.32 Å². The van der Waals surface area contributed by atoms with Gasteiger partial charge in [-0.05, 0) is 11.6 Å². The van der Waals surface area contributed by atoms with E-state index in [1.165, 1.54) is 12.3 Å². The van der Waals surface area contributed by atoms with Crippen LogP contribution in [0.15, 0.2) is 31.1 Å². The summed E-state index contributed by atoms with van der Waals surface area (Å²) in [5, 5.41) is 11.1. The molecule has 19 heavy (non-hydrogen) atoms. The van der Waals surface area contributed by atoms with E-state index in [1.807, 2.05) is 0 Å². The summed E-state index contributed by atoms with van der Waals surface area (Å²) in [6.07, 6.45) is 2.72. The van der Waals surface area contributed by atoms with Crippen molar-refractivity contribution in [2.45, 2.75) is 12.5 Å². The molecular formula is C12H13FN2O4. The Balaban J connectivity index is 2.65. The van der Waals surface area contributed by atoms with Gasteiger partial charge >= 0.3 is 12.1 Å². The molecule has 1 rings (SSSR count). The quantitative estimate of drug-likeness (QED) is 0.755. The van der Waals surface area contributed by atoms with Gasteiger partial charge in [-0.1, -0.05) is 12.7 Å². The Hall–Kier alpha value is -2.44. The monoisotopic (exact) mass is 268 g/mol. The summed E-state index contributed by atoms with van der Waals surface area (Å²) in [5.74, 6) is -1.82. The number of alkyl carbamates (subject to hydrolysis) is 1. The molecule has 6 nitrogen and oxygen atoms in total. The van der Waals surface area contributed by atoms with Crippen LogP contribution in [0.1, 0.15) is 5.56 Å². The highest BCUT2D eigenvalue weighted by molar-refractivity contribution is 5.80. The second kappa shape index (κ2) is 7.10. The van der Waals surface area contributed by atoms with Crippen molar-refractivity contribution in [1.82, 2.24) is 10.3 Å². The van der Waals surface area contributed by atoms with E-state index in [1.54, 1.807) is 0 Å². The highest BCUT2D eigenvalue weighted by Crippen LogP contribution is 2.05. The summed E-state index contributed by atoms with van der Waals surface area (Å²) < 4.78 is 17.5. The number of carbonyl (C=O) groups excluding carboxylic acids is 1. The lowest BCUT2D eigenvalue weighted by Gasteiger charge is -2.14. The molecule has 0 radical (unpaired) electrons. The molecule has 102 valence electrons. The van der Waals surface area contributed by atoms with Gasteiger partial charge in [0.1, 0.15) is 18.5 Å². The van der Waals surface area contributed by atoms with Crippen LogP contribution in [0.2, 0.25) is 0 Å². The van der Waals surface area contributed by atoms with Gasteiger partial charge in [0.15, 0.2) is 0 Å². The Morgan fingerprint density at radius 3 is 2.89 bits per heavy atom. The fourth-order valence-electron chi connectivity index (χ4n) is 1.32. The number of hydrogen-bond acceptors (Lipinski definition) is 4. The molecule has 0 aliphatic carbocycles. The highest BCUT2D eigenvalue weighted by Gasteiger charge is 2.21. The summed E-state index contributed by atoms with van der Waals surface area (Å²) in [5.41, 5.74) is 0.358. The van der Waals surface area contributed by atoms with Crippen LogP contribution >= 0.6 is 0 Å². The zero-order valence-electron chi connectivity index (χ0n) is 10.0.